The molecule has 7 heteroatoms. The zero-order chi connectivity index (χ0) is 9.28. The fourth-order valence-corrected chi connectivity index (χ4v) is 0.307. The lowest BCUT2D eigenvalue weighted by molar-refractivity contribution is -0.173. The molecule has 1 nitrogen and oxygen atoms in total. The van der Waals surface area contributed by atoms with Crippen LogP contribution in [-0.2, 0) is 0 Å². The van der Waals surface area contributed by atoms with E-state index in [2.05, 4.69) is 0 Å². The van der Waals surface area contributed by atoms with Crippen LogP contribution < -0.4 is 0 Å². The minimum atomic E-state index is -5.56. The maximum Gasteiger partial charge on any atom is 0.424 e. The predicted octanol–water partition coefficient (Wildman–Crippen LogP) is 2.55. The van der Waals surface area contributed by atoms with Gasteiger partial charge in [0.1, 0.15) is 0 Å². The van der Waals surface area contributed by atoms with E-state index < -0.39 is 24.2 Å². The molecule has 0 aliphatic carbocycles. The summed E-state index contributed by atoms with van der Waals surface area (Å²) >= 11 is 0. The maximum atomic E-state index is 11.3. The van der Waals surface area contributed by atoms with Gasteiger partial charge in [-0.1, -0.05) is 0 Å². The molecule has 0 heterocycles. The Morgan fingerprint density at radius 1 is 0.909 bits per heavy atom. The molecule has 0 fully saturated rings. The lowest BCUT2D eigenvalue weighted by Gasteiger charge is -2.12. The van der Waals surface area contributed by atoms with Crippen molar-refractivity contribution in [2.45, 2.75) is 12.4 Å². The van der Waals surface area contributed by atoms with E-state index in [4.69, 9.17) is 5.11 Å². The second-order valence-corrected chi connectivity index (χ2v) is 1.54. The summed E-state index contributed by atoms with van der Waals surface area (Å²) in [7, 11) is 0. The number of rotatable bonds is 0. The van der Waals surface area contributed by atoms with Gasteiger partial charge in [-0.3, -0.25) is 0 Å². The Balaban J connectivity index is 4.74. The van der Waals surface area contributed by atoms with Crippen LogP contribution in [-0.4, -0.2) is 17.5 Å². The third kappa shape index (κ3) is 2.69. The van der Waals surface area contributed by atoms with Crippen LogP contribution >= 0.6 is 0 Å². The first kappa shape index (κ1) is 10.1. The van der Waals surface area contributed by atoms with Crippen molar-refractivity contribution in [1.82, 2.24) is 0 Å². The number of hydrogen-bond donors (Lipinski definition) is 1. The minimum Gasteiger partial charge on any atom is -0.515 e. The van der Waals surface area contributed by atoms with Gasteiger partial charge in [-0.25, -0.2) is 0 Å². The lowest BCUT2D eigenvalue weighted by Crippen LogP contribution is -2.25. The first-order valence-electron chi connectivity index (χ1n) is 2.18. The number of hydrogen-bond acceptors (Lipinski definition) is 1. The van der Waals surface area contributed by atoms with Gasteiger partial charge in [0.2, 0.25) is 0 Å². The van der Waals surface area contributed by atoms with Crippen molar-refractivity contribution in [1.29, 1.82) is 0 Å². The van der Waals surface area contributed by atoms with Crippen LogP contribution in [0.4, 0.5) is 26.3 Å². The molecular weight excluding hydrogens is 178 g/mol. The topological polar surface area (TPSA) is 20.2 Å². The van der Waals surface area contributed by atoms with Crippen LogP contribution in [0.2, 0.25) is 0 Å². The standard InChI is InChI=1S/C4H2F6O/c5-3(6,7)2(1-11)4(8,9)10/h1,11H. The zero-order valence-corrected chi connectivity index (χ0v) is 4.79. The minimum absolute atomic E-state index is 1.00. The van der Waals surface area contributed by atoms with Crippen molar-refractivity contribution in [3.05, 3.63) is 11.8 Å². The van der Waals surface area contributed by atoms with E-state index in [9.17, 15) is 26.3 Å². The summed E-state index contributed by atoms with van der Waals surface area (Å²) in [5.74, 6) is 0. The Bertz CT molecular complexity index is 146. The van der Waals surface area contributed by atoms with Gasteiger partial charge in [0.15, 0.2) is 5.57 Å². The second-order valence-electron chi connectivity index (χ2n) is 1.54. The summed E-state index contributed by atoms with van der Waals surface area (Å²) in [6.07, 6.45) is -12.1. The van der Waals surface area contributed by atoms with Crippen LogP contribution in [0.15, 0.2) is 11.8 Å². The first-order chi connectivity index (χ1) is 4.69. The van der Waals surface area contributed by atoms with Crippen LogP contribution in [0, 0.1) is 0 Å². The quantitative estimate of drug-likeness (QED) is 0.448. The van der Waals surface area contributed by atoms with E-state index in [0.717, 1.165) is 0 Å². The largest absolute Gasteiger partial charge is 0.515 e. The van der Waals surface area contributed by atoms with Gasteiger partial charge in [-0.2, -0.15) is 26.3 Å². The summed E-state index contributed by atoms with van der Waals surface area (Å²) in [6.45, 7) is 0. The molecule has 0 amide bonds. The van der Waals surface area contributed by atoms with Crippen molar-refractivity contribution >= 4 is 0 Å². The van der Waals surface area contributed by atoms with Crippen molar-refractivity contribution in [2.75, 3.05) is 0 Å². The van der Waals surface area contributed by atoms with Gasteiger partial charge in [0.25, 0.3) is 0 Å². The molecule has 0 saturated carbocycles. The molecule has 0 bridgehead atoms. The summed E-state index contributed by atoms with van der Waals surface area (Å²) in [5.41, 5.74) is -2.91. The molecular formula is C4H2F6O. The smallest absolute Gasteiger partial charge is 0.424 e. The lowest BCUT2D eigenvalue weighted by atomic mass is 10.3. The third-order valence-corrected chi connectivity index (χ3v) is 0.740. The molecule has 66 valence electrons. The van der Waals surface area contributed by atoms with Crippen molar-refractivity contribution < 1.29 is 31.4 Å². The highest BCUT2D eigenvalue weighted by Gasteiger charge is 2.51. The Morgan fingerprint density at radius 2 is 1.18 bits per heavy atom. The second kappa shape index (κ2) is 2.63. The van der Waals surface area contributed by atoms with E-state index in [1.807, 2.05) is 0 Å². The Morgan fingerprint density at radius 3 is 1.18 bits per heavy atom. The maximum absolute atomic E-state index is 11.3. The van der Waals surface area contributed by atoms with E-state index in [1.165, 1.54) is 0 Å². The average Bonchev–Trinajstić information content (AvgIpc) is 1.56. The number of aliphatic hydroxyl groups is 1. The fraction of sp³-hybridized carbons (Fsp3) is 0.500. The molecule has 1 N–H and O–H groups in total. The molecule has 0 rings (SSSR count). The average molecular weight is 180 g/mol. The molecule has 0 unspecified atom stereocenters. The molecule has 11 heavy (non-hydrogen) atoms. The van der Waals surface area contributed by atoms with E-state index in [0.29, 0.717) is 0 Å². The Kier molecular flexibility index (Phi) is 2.42. The third-order valence-electron chi connectivity index (χ3n) is 0.740. The molecule has 0 saturated heterocycles. The summed E-state index contributed by atoms with van der Waals surface area (Å²) in [4.78, 5) is 0. The highest BCUT2D eigenvalue weighted by Crippen LogP contribution is 2.37. The summed E-state index contributed by atoms with van der Waals surface area (Å²) < 4.78 is 67.6. The van der Waals surface area contributed by atoms with Gasteiger partial charge < -0.3 is 5.11 Å². The highest BCUT2D eigenvalue weighted by atomic mass is 19.4. The summed E-state index contributed by atoms with van der Waals surface area (Å²) in [6, 6.07) is 0. The normalized spacial score (nSPS) is 12.9. The van der Waals surface area contributed by atoms with E-state index >= 15 is 0 Å². The Hall–Kier alpha value is -0.880. The van der Waals surface area contributed by atoms with Crippen LogP contribution in [0.1, 0.15) is 0 Å². The van der Waals surface area contributed by atoms with Crippen LogP contribution in [0.5, 0.6) is 0 Å². The first-order valence-corrected chi connectivity index (χ1v) is 2.18. The number of halogens is 6. The molecule has 0 spiro atoms. The fourth-order valence-electron chi connectivity index (χ4n) is 0.307. The Labute approximate surface area is 56.9 Å². The molecule has 0 aromatic rings. The van der Waals surface area contributed by atoms with Gasteiger partial charge in [0, 0.05) is 0 Å². The van der Waals surface area contributed by atoms with Gasteiger partial charge in [-0.15, -0.1) is 0 Å². The van der Waals surface area contributed by atoms with Crippen molar-refractivity contribution in [2.24, 2.45) is 0 Å². The monoisotopic (exact) mass is 180 g/mol. The van der Waals surface area contributed by atoms with E-state index in [-0.39, 0.29) is 0 Å². The molecule has 0 aromatic carbocycles. The molecule has 0 aromatic heterocycles. The molecule has 0 aliphatic rings. The van der Waals surface area contributed by atoms with Gasteiger partial charge >= 0.3 is 12.4 Å². The van der Waals surface area contributed by atoms with Gasteiger partial charge in [-0.05, 0) is 0 Å². The number of alkyl halides is 6. The zero-order valence-electron chi connectivity index (χ0n) is 4.79. The highest BCUT2D eigenvalue weighted by molar-refractivity contribution is 5.11. The van der Waals surface area contributed by atoms with E-state index in [1.54, 1.807) is 0 Å². The molecule has 0 atom stereocenters. The van der Waals surface area contributed by atoms with Crippen molar-refractivity contribution in [3.63, 3.8) is 0 Å². The van der Waals surface area contributed by atoms with Crippen LogP contribution in [0.25, 0.3) is 0 Å². The van der Waals surface area contributed by atoms with Gasteiger partial charge in [0.05, 0.1) is 6.26 Å². The summed E-state index contributed by atoms with van der Waals surface area (Å²) in [5, 5.41) is 7.60. The molecule has 0 aliphatic heterocycles. The number of aliphatic hydroxyl groups excluding tert-OH is 1. The van der Waals surface area contributed by atoms with Crippen LogP contribution in [0.3, 0.4) is 0 Å². The molecule has 0 radical (unpaired) electrons. The van der Waals surface area contributed by atoms with Crippen molar-refractivity contribution in [3.8, 4) is 0 Å². The predicted molar refractivity (Wildman–Crippen MR) is 22.8 cm³/mol. The number of allylic oxidation sites excluding steroid dienone is 1. The SMILES string of the molecule is OC=C(C(F)(F)F)C(F)(F)F.